The van der Waals surface area contributed by atoms with Gasteiger partial charge in [0.2, 0.25) is 0 Å². The van der Waals surface area contributed by atoms with Gasteiger partial charge in [-0.05, 0) is 29.6 Å². The van der Waals surface area contributed by atoms with Crippen LogP contribution in [0.15, 0.2) is 12.7 Å². The first-order valence-electron chi connectivity index (χ1n) is 7.11. The molecule has 18 heavy (non-hydrogen) atoms. The molecule has 2 heteroatoms. The van der Waals surface area contributed by atoms with E-state index in [-0.39, 0.29) is 17.4 Å². The lowest BCUT2D eigenvalue weighted by atomic mass is 9.61. The molecule has 0 heterocycles. The summed E-state index contributed by atoms with van der Waals surface area (Å²) in [6.07, 6.45) is 6.31. The van der Waals surface area contributed by atoms with Crippen molar-refractivity contribution in [2.24, 2.45) is 16.7 Å². The lowest BCUT2D eigenvalue weighted by Crippen LogP contribution is -2.42. The van der Waals surface area contributed by atoms with Gasteiger partial charge >= 0.3 is 0 Å². The molecule has 1 N–H and O–H groups in total. The Morgan fingerprint density at radius 1 is 1.33 bits per heavy atom. The van der Waals surface area contributed by atoms with Crippen LogP contribution in [-0.4, -0.2) is 25.4 Å². The molecular formula is C16H32O2. The molecule has 3 atom stereocenters. The fourth-order valence-corrected chi connectivity index (χ4v) is 2.87. The maximum absolute atomic E-state index is 9.76. The van der Waals surface area contributed by atoms with Crippen LogP contribution in [0, 0.1) is 16.7 Å². The highest BCUT2D eigenvalue weighted by Gasteiger charge is 2.41. The van der Waals surface area contributed by atoms with Crippen LogP contribution in [0.3, 0.4) is 0 Å². The molecular weight excluding hydrogens is 224 g/mol. The number of allylic oxidation sites excluding steroid dienone is 1. The Morgan fingerprint density at radius 3 is 2.33 bits per heavy atom. The van der Waals surface area contributed by atoms with Crippen molar-refractivity contribution in [1.82, 2.24) is 0 Å². The van der Waals surface area contributed by atoms with E-state index in [9.17, 15) is 5.11 Å². The molecule has 108 valence electrons. The second-order valence-corrected chi connectivity index (χ2v) is 6.22. The minimum Gasteiger partial charge on any atom is -0.396 e. The summed E-state index contributed by atoms with van der Waals surface area (Å²) >= 11 is 0. The number of aliphatic hydroxyl groups excluding tert-OH is 1. The first-order valence-corrected chi connectivity index (χ1v) is 7.11. The summed E-state index contributed by atoms with van der Waals surface area (Å²) in [5.74, 6) is 0.388. The SMILES string of the molecule is C=CCC(C)(CO)C(C)C(C)(CCCC)COC. The average Bonchev–Trinajstić information content (AvgIpc) is 2.36. The highest BCUT2D eigenvalue weighted by atomic mass is 16.5. The minimum absolute atomic E-state index is 0.108. The summed E-state index contributed by atoms with van der Waals surface area (Å²) < 4.78 is 5.44. The third-order valence-corrected chi connectivity index (χ3v) is 4.64. The molecule has 0 aromatic carbocycles. The molecule has 0 fully saturated rings. The zero-order valence-electron chi connectivity index (χ0n) is 13.0. The number of hydrogen-bond acceptors (Lipinski definition) is 2. The van der Waals surface area contributed by atoms with Crippen molar-refractivity contribution in [1.29, 1.82) is 0 Å². The van der Waals surface area contributed by atoms with E-state index >= 15 is 0 Å². The summed E-state index contributed by atoms with van der Waals surface area (Å²) in [6, 6.07) is 0. The summed E-state index contributed by atoms with van der Waals surface area (Å²) in [5, 5.41) is 9.76. The first kappa shape index (κ1) is 17.7. The fraction of sp³-hybridized carbons (Fsp3) is 0.875. The van der Waals surface area contributed by atoms with E-state index in [2.05, 4.69) is 34.3 Å². The van der Waals surface area contributed by atoms with E-state index in [1.807, 2.05) is 6.08 Å². The largest absolute Gasteiger partial charge is 0.396 e. The molecule has 0 aliphatic rings. The van der Waals surface area contributed by atoms with Gasteiger partial charge in [-0.2, -0.15) is 0 Å². The number of aliphatic hydroxyl groups is 1. The average molecular weight is 256 g/mol. The van der Waals surface area contributed by atoms with Gasteiger partial charge in [0.15, 0.2) is 0 Å². The third-order valence-electron chi connectivity index (χ3n) is 4.64. The van der Waals surface area contributed by atoms with E-state index in [0.717, 1.165) is 19.4 Å². The van der Waals surface area contributed by atoms with Crippen LogP contribution in [0.2, 0.25) is 0 Å². The van der Waals surface area contributed by atoms with Crippen LogP contribution < -0.4 is 0 Å². The predicted molar refractivity (Wildman–Crippen MR) is 78.7 cm³/mol. The van der Waals surface area contributed by atoms with Crippen molar-refractivity contribution < 1.29 is 9.84 Å². The standard InChI is InChI=1S/C16H32O2/c1-7-9-11-16(5,13-18-6)14(3)15(4,12-17)10-8-2/h8,14,17H,2,7,9-13H2,1,3-6H3. The first-order chi connectivity index (χ1) is 8.40. The Morgan fingerprint density at radius 2 is 1.94 bits per heavy atom. The molecule has 0 radical (unpaired) electrons. The predicted octanol–water partition coefficient (Wildman–Crippen LogP) is 4.04. The van der Waals surface area contributed by atoms with E-state index < -0.39 is 0 Å². The molecule has 0 aromatic rings. The topological polar surface area (TPSA) is 29.5 Å². The van der Waals surface area contributed by atoms with Gasteiger partial charge < -0.3 is 9.84 Å². The summed E-state index contributed by atoms with van der Waals surface area (Å²) in [4.78, 5) is 0. The highest BCUT2D eigenvalue weighted by Crippen LogP contribution is 2.45. The van der Waals surface area contributed by atoms with Crippen molar-refractivity contribution >= 4 is 0 Å². The maximum Gasteiger partial charge on any atom is 0.0518 e. The van der Waals surface area contributed by atoms with Gasteiger partial charge in [-0.1, -0.05) is 46.6 Å². The molecule has 0 spiro atoms. The van der Waals surface area contributed by atoms with Crippen LogP contribution >= 0.6 is 0 Å². The molecule has 0 aliphatic heterocycles. The van der Waals surface area contributed by atoms with E-state index in [1.54, 1.807) is 7.11 Å². The molecule has 0 aromatic heterocycles. The van der Waals surface area contributed by atoms with Gasteiger partial charge in [-0.25, -0.2) is 0 Å². The number of rotatable bonds is 10. The smallest absolute Gasteiger partial charge is 0.0518 e. The third kappa shape index (κ3) is 4.40. The molecule has 0 saturated heterocycles. The monoisotopic (exact) mass is 256 g/mol. The van der Waals surface area contributed by atoms with Crippen LogP contribution in [0.25, 0.3) is 0 Å². The van der Waals surface area contributed by atoms with Gasteiger partial charge in [-0.3, -0.25) is 0 Å². The summed E-state index contributed by atoms with van der Waals surface area (Å²) in [7, 11) is 1.76. The molecule has 0 saturated carbocycles. The van der Waals surface area contributed by atoms with Gasteiger partial charge in [0.25, 0.3) is 0 Å². The minimum atomic E-state index is -0.108. The Bertz CT molecular complexity index is 239. The lowest BCUT2D eigenvalue weighted by Gasteiger charge is -2.45. The zero-order chi connectivity index (χ0) is 14.2. The number of methoxy groups -OCH3 is 1. The second kappa shape index (κ2) is 7.96. The molecule has 3 unspecified atom stereocenters. The van der Waals surface area contributed by atoms with E-state index in [0.29, 0.717) is 5.92 Å². The molecule has 0 rings (SSSR count). The molecule has 2 nitrogen and oxygen atoms in total. The fourth-order valence-electron chi connectivity index (χ4n) is 2.87. The van der Waals surface area contributed by atoms with Gasteiger partial charge in [0, 0.05) is 13.7 Å². The van der Waals surface area contributed by atoms with Crippen molar-refractivity contribution in [3.8, 4) is 0 Å². The zero-order valence-corrected chi connectivity index (χ0v) is 13.0. The quantitative estimate of drug-likeness (QED) is 0.598. The van der Waals surface area contributed by atoms with E-state index in [4.69, 9.17) is 4.74 Å². The van der Waals surface area contributed by atoms with Gasteiger partial charge in [-0.15, -0.1) is 6.58 Å². The van der Waals surface area contributed by atoms with Crippen LogP contribution in [0.5, 0.6) is 0 Å². The number of hydrogen-bond donors (Lipinski definition) is 1. The molecule has 0 aliphatic carbocycles. The molecule has 0 bridgehead atoms. The van der Waals surface area contributed by atoms with Crippen LogP contribution in [0.1, 0.15) is 53.4 Å². The van der Waals surface area contributed by atoms with Gasteiger partial charge in [0.1, 0.15) is 0 Å². The number of ether oxygens (including phenoxy) is 1. The maximum atomic E-state index is 9.76. The Labute approximate surface area is 113 Å². The summed E-state index contributed by atoms with van der Waals surface area (Å²) in [5.41, 5.74) is 0.00796. The van der Waals surface area contributed by atoms with Crippen LogP contribution in [-0.2, 0) is 4.74 Å². The Hall–Kier alpha value is -0.340. The van der Waals surface area contributed by atoms with Crippen molar-refractivity contribution in [3.05, 3.63) is 12.7 Å². The summed E-state index contributed by atoms with van der Waals surface area (Å²) in [6.45, 7) is 13.7. The highest BCUT2D eigenvalue weighted by molar-refractivity contribution is 4.94. The lowest BCUT2D eigenvalue weighted by molar-refractivity contribution is -0.0358. The van der Waals surface area contributed by atoms with E-state index in [1.165, 1.54) is 12.8 Å². The van der Waals surface area contributed by atoms with Crippen LogP contribution in [0.4, 0.5) is 0 Å². The second-order valence-electron chi connectivity index (χ2n) is 6.22. The normalized spacial score (nSPS) is 19.9. The van der Waals surface area contributed by atoms with Crippen molar-refractivity contribution in [2.45, 2.75) is 53.4 Å². The Balaban J connectivity index is 5.01. The van der Waals surface area contributed by atoms with Crippen molar-refractivity contribution in [3.63, 3.8) is 0 Å². The van der Waals surface area contributed by atoms with Gasteiger partial charge in [0.05, 0.1) is 6.61 Å². The van der Waals surface area contributed by atoms with Crippen molar-refractivity contribution in [2.75, 3.05) is 20.3 Å². The number of unbranched alkanes of at least 4 members (excludes halogenated alkanes) is 1. The Kier molecular flexibility index (Phi) is 7.81. The molecule has 0 amide bonds.